The Kier molecular flexibility index (Phi) is 9.27. The van der Waals surface area contributed by atoms with Gasteiger partial charge in [-0.2, -0.15) is 0 Å². The normalized spacial score (nSPS) is 21.4. The Hall–Kier alpha value is -5.27. The number of rotatable bonds is 6. The van der Waals surface area contributed by atoms with Gasteiger partial charge in [0.05, 0.1) is 42.5 Å². The van der Waals surface area contributed by atoms with E-state index in [2.05, 4.69) is 60.8 Å². The Balaban J connectivity index is 0.774. The number of carbonyl (C=O) groups excluding carboxylic acids is 3. The molecule has 3 aromatic heterocycles. The summed E-state index contributed by atoms with van der Waals surface area (Å²) in [5.74, 6) is 0.619. The SMILES string of the molecule is C[C@@H]1CNc2c(sc3ccc4nc(-c5cnc(C6CCN(CC=[N+]7CCN(c8ccc(C9CCC(=O)NC9=O)cc8)CC7)CC6)nc5)ccc4c23)C(=O)N1. The number of pyridine rings is 1. The first-order chi connectivity index (χ1) is 26.4. The zero-order chi connectivity index (χ0) is 36.8. The highest BCUT2D eigenvalue weighted by atomic mass is 32.1. The van der Waals surface area contributed by atoms with Gasteiger partial charge in [0, 0.05) is 64.0 Å². The minimum absolute atomic E-state index is 0.0244. The van der Waals surface area contributed by atoms with Crippen LogP contribution in [0.15, 0.2) is 60.9 Å². The maximum Gasteiger partial charge on any atom is 0.263 e. The Morgan fingerprint density at radius 1 is 0.926 bits per heavy atom. The van der Waals surface area contributed by atoms with Crippen LogP contribution in [0, 0.1) is 0 Å². The molecule has 13 heteroatoms. The lowest BCUT2D eigenvalue weighted by atomic mass is 9.90. The van der Waals surface area contributed by atoms with Gasteiger partial charge in [0.2, 0.25) is 11.8 Å². The number of fused-ring (bicyclic) bond motifs is 5. The third kappa shape index (κ3) is 6.82. The van der Waals surface area contributed by atoms with E-state index in [1.54, 1.807) is 0 Å². The molecule has 276 valence electrons. The van der Waals surface area contributed by atoms with Crippen LogP contribution in [0.3, 0.4) is 0 Å². The van der Waals surface area contributed by atoms with Crippen molar-refractivity contribution in [2.45, 2.75) is 50.5 Å². The highest BCUT2D eigenvalue weighted by molar-refractivity contribution is 7.21. The molecule has 2 atom stereocenters. The number of nitrogens with one attached hydrogen (secondary N) is 3. The van der Waals surface area contributed by atoms with Gasteiger partial charge in [-0.25, -0.2) is 19.5 Å². The lowest BCUT2D eigenvalue weighted by Gasteiger charge is -2.30. The first kappa shape index (κ1) is 34.5. The molecule has 0 radical (unpaired) electrons. The number of aromatic nitrogens is 3. The number of thiophene rings is 1. The van der Waals surface area contributed by atoms with E-state index in [0.717, 1.165) is 113 Å². The fraction of sp³-hybridized carbons (Fsp3) is 0.390. The maximum atomic E-state index is 12.8. The van der Waals surface area contributed by atoms with Crippen LogP contribution in [0.2, 0.25) is 0 Å². The molecule has 3 amide bonds. The summed E-state index contributed by atoms with van der Waals surface area (Å²) < 4.78 is 3.51. The second-order valence-electron chi connectivity index (χ2n) is 15.0. The molecule has 4 aliphatic rings. The van der Waals surface area contributed by atoms with Crippen molar-refractivity contribution in [2.75, 3.05) is 62.6 Å². The molecule has 3 saturated heterocycles. The highest BCUT2D eigenvalue weighted by Crippen LogP contribution is 2.41. The van der Waals surface area contributed by atoms with E-state index in [4.69, 9.17) is 15.0 Å². The standard InChI is InChI=1S/C41H43N9O3S/c1-25-22-42-37-36-31-6-8-32(46-33(31)9-10-34(36)54-38(37)41(53)45-25)28-23-43-39(44-24-28)27-12-14-48(15-13-27)16-17-49-18-20-50(21-19-49)29-4-2-26(3-5-29)30-7-11-35(51)47-40(30)52/h2-6,8-10,17,23-25,27,30H,7,11-16,18-22H2,1H3,(H2-,42,45,47,51,52,53)/p+1/t25-,30?/m1/s1. The summed E-state index contributed by atoms with van der Waals surface area (Å²) in [6, 6.07) is 16.6. The maximum absolute atomic E-state index is 12.8. The molecule has 12 nitrogen and oxygen atoms in total. The smallest absolute Gasteiger partial charge is 0.263 e. The third-order valence-corrected chi connectivity index (χ3v) is 12.6. The van der Waals surface area contributed by atoms with Crippen molar-refractivity contribution in [2.24, 2.45) is 0 Å². The van der Waals surface area contributed by atoms with E-state index in [1.807, 2.05) is 43.6 Å². The van der Waals surface area contributed by atoms with Crippen LogP contribution in [-0.2, 0) is 9.59 Å². The second kappa shape index (κ2) is 14.5. The fourth-order valence-electron chi connectivity index (χ4n) is 8.26. The number of likely N-dealkylation sites (tertiary alicyclic amines) is 1. The van der Waals surface area contributed by atoms with E-state index < -0.39 is 0 Å². The molecule has 54 heavy (non-hydrogen) atoms. The summed E-state index contributed by atoms with van der Waals surface area (Å²) in [6.07, 6.45) is 9.22. The fourth-order valence-corrected chi connectivity index (χ4v) is 9.36. The molecule has 4 aliphatic heterocycles. The number of benzene rings is 2. The Bertz CT molecular complexity index is 2270. The van der Waals surface area contributed by atoms with Crippen LogP contribution in [0.4, 0.5) is 11.4 Å². The average molecular weight is 743 g/mol. The van der Waals surface area contributed by atoms with Crippen molar-refractivity contribution in [3.05, 3.63) is 77.2 Å². The van der Waals surface area contributed by atoms with E-state index >= 15 is 0 Å². The van der Waals surface area contributed by atoms with Crippen LogP contribution in [0.1, 0.15) is 65.5 Å². The van der Waals surface area contributed by atoms with E-state index in [0.29, 0.717) is 25.3 Å². The average Bonchev–Trinajstić information content (AvgIpc) is 3.52. The highest BCUT2D eigenvalue weighted by Gasteiger charge is 2.29. The minimum atomic E-state index is -0.244. The molecular weight excluding hydrogens is 699 g/mol. The first-order valence-electron chi connectivity index (χ1n) is 19.1. The zero-order valence-electron chi connectivity index (χ0n) is 30.4. The van der Waals surface area contributed by atoms with Crippen molar-refractivity contribution in [3.63, 3.8) is 0 Å². The van der Waals surface area contributed by atoms with Crippen molar-refractivity contribution < 1.29 is 19.0 Å². The number of carbonyl (C=O) groups is 3. The summed E-state index contributed by atoms with van der Waals surface area (Å²) in [5.41, 5.74) is 5.67. The van der Waals surface area contributed by atoms with Crippen LogP contribution < -0.4 is 20.9 Å². The number of imide groups is 1. The van der Waals surface area contributed by atoms with E-state index in [1.165, 1.54) is 17.0 Å². The summed E-state index contributed by atoms with van der Waals surface area (Å²) >= 11 is 1.52. The zero-order valence-corrected chi connectivity index (χ0v) is 31.2. The van der Waals surface area contributed by atoms with Crippen molar-refractivity contribution in [1.29, 1.82) is 0 Å². The van der Waals surface area contributed by atoms with Crippen molar-refractivity contribution in [1.82, 2.24) is 30.5 Å². The quantitative estimate of drug-likeness (QED) is 0.166. The molecule has 1 unspecified atom stereocenters. The van der Waals surface area contributed by atoms with Crippen LogP contribution >= 0.6 is 11.3 Å². The Morgan fingerprint density at radius 2 is 1.70 bits per heavy atom. The summed E-state index contributed by atoms with van der Waals surface area (Å²) in [6.45, 7) is 9.55. The lowest BCUT2D eigenvalue weighted by molar-refractivity contribution is -0.526. The van der Waals surface area contributed by atoms with Gasteiger partial charge in [0.25, 0.3) is 5.91 Å². The summed E-state index contributed by atoms with van der Waals surface area (Å²) in [5, 5.41) is 11.1. The van der Waals surface area contributed by atoms with Gasteiger partial charge < -0.3 is 15.5 Å². The Morgan fingerprint density at radius 3 is 2.46 bits per heavy atom. The molecule has 0 aliphatic carbocycles. The van der Waals surface area contributed by atoms with Gasteiger partial charge in [0.15, 0.2) is 19.3 Å². The molecule has 0 saturated carbocycles. The second-order valence-corrected chi connectivity index (χ2v) is 16.0. The van der Waals surface area contributed by atoms with Crippen LogP contribution in [0.25, 0.3) is 32.2 Å². The van der Waals surface area contributed by atoms with Gasteiger partial charge in [0.1, 0.15) is 10.7 Å². The molecule has 3 fully saturated rings. The van der Waals surface area contributed by atoms with Crippen molar-refractivity contribution >= 4 is 67.6 Å². The molecule has 9 rings (SSSR count). The van der Waals surface area contributed by atoms with Crippen LogP contribution in [-0.4, -0.2) is 107 Å². The molecule has 7 heterocycles. The topological polar surface area (TPSA) is 135 Å². The number of piperidine rings is 2. The van der Waals surface area contributed by atoms with E-state index in [9.17, 15) is 14.4 Å². The van der Waals surface area contributed by atoms with Crippen molar-refractivity contribution in [3.8, 4) is 11.3 Å². The van der Waals surface area contributed by atoms with Gasteiger partial charge >= 0.3 is 0 Å². The molecule has 5 aromatic rings. The number of nitrogens with zero attached hydrogens (tertiary/aromatic N) is 6. The first-order valence-corrected chi connectivity index (χ1v) is 19.9. The van der Waals surface area contributed by atoms with Gasteiger partial charge in [-0.3, -0.25) is 24.6 Å². The number of anilines is 2. The largest absolute Gasteiger partial charge is 0.381 e. The summed E-state index contributed by atoms with van der Waals surface area (Å²) in [4.78, 5) is 56.9. The van der Waals surface area contributed by atoms with Gasteiger partial charge in [-0.05, 0) is 81.2 Å². The lowest BCUT2D eigenvalue weighted by Crippen LogP contribution is -2.44. The predicted octanol–water partition coefficient (Wildman–Crippen LogP) is 4.75. The third-order valence-electron chi connectivity index (χ3n) is 11.4. The van der Waals surface area contributed by atoms with Gasteiger partial charge in [-0.15, -0.1) is 11.3 Å². The number of hydrogen-bond donors (Lipinski definition) is 3. The number of hydrogen-bond acceptors (Lipinski definition) is 10. The summed E-state index contributed by atoms with van der Waals surface area (Å²) in [7, 11) is 0. The molecule has 2 aromatic carbocycles. The predicted molar refractivity (Wildman–Crippen MR) is 212 cm³/mol. The molecular formula is C41H44N9O3S+. The molecule has 0 bridgehead atoms. The number of piperazine rings is 1. The Labute approximate surface area is 317 Å². The monoisotopic (exact) mass is 742 g/mol. The molecule has 0 spiro atoms. The van der Waals surface area contributed by atoms with Crippen LogP contribution in [0.5, 0.6) is 0 Å². The number of amides is 3. The molecule has 3 N–H and O–H groups in total. The van der Waals surface area contributed by atoms with Gasteiger partial charge in [-0.1, -0.05) is 12.1 Å². The van der Waals surface area contributed by atoms with E-state index in [-0.39, 0.29) is 29.7 Å². The minimum Gasteiger partial charge on any atom is -0.381 e.